The summed E-state index contributed by atoms with van der Waals surface area (Å²) in [6.45, 7) is 24.8. The van der Waals surface area contributed by atoms with E-state index in [1.807, 2.05) is 82.4 Å². The van der Waals surface area contributed by atoms with E-state index in [-0.39, 0.29) is 40.8 Å². The number of carbonyl (C=O) groups is 3. The van der Waals surface area contributed by atoms with Crippen molar-refractivity contribution in [2.45, 2.75) is 285 Å². The lowest BCUT2D eigenvalue weighted by Crippen LogP contribution is -2.49. The summed E-state index contributed by atoms with van der Waals surface area (Å²) in [5.74, 6) is -0.259. The lowest BCUT2D eigenvalue weighted by Gasteiger charge is -2.44. The standard InChI is InChI=1S/C76H114O7/c1-13-15-17-19-21-23-25-27-28-29-30-32-34-36-38-40-42-54-71(79)82-67-58-73(9,10)76(75(12,60-67)83-76)61-68(77)65(6)52-46-51-63(4)48-44-43-47-62(3)49-45-50-64(5)55-56-69-72(7,8)57-66(59-74(69,11)80)81-70(78)53-41-39-37-35-33-31-26-24-22-20-18-16-14-2/h21,23-24,26-28,30,32,36,38,43-52,55,66-67,80H,13-20,22,25,29,31,33-35,37,39-42,53-54,57-61H2,1-12H3/b23-21-,26-24+,28-27-,32-30-,38-36-,44-43+,49-45+,51-46+,62-47+,63-48+,64-50+,65-52+/t56?,66-,67-,74+,75+,76-/m0/s1. The van der Waals surface area contributed by atoms with Crippen molar-refractivity contribution in [1.29, 1.82) is 0 Å². The molecule has 0 bridgehead atoms. The van der Waals surface area contributed by atoms with E-state index in [1.54, 1.807) is 0 Å². The van der Waals surface area contributed by atoms with Crippen LogP contribution in [-0.4, -0.2) is 51.8 Å². The molecule has 460 valence electrons. The largest absolute Gasteiger partial charge is 0.462 e. The summed E-state index contributed by atoms with van der Waals surface area (Å²) in [6, 6.07) is 0. The van der Waals surface area contributed by atoms with Crippen molar-refractivity contribution in [3.8, 4) is 0 Å². The molecule has 0 spiro atoms. The number of epoxide rings is 1. The molecule has 0 unspecified atom stereocenters. The number of aliphatic hydroxyl groups is 1. The van der Waals surface area contributed by atoms with Gasteiger partial charge >= 0.3 is 11.9 Å². The van der Waals surface area contributed by atoms with Crippen molar-refractivity contribution in [2.24, 2.45) is 10.8 Å². The summed E-state index contributed by atoms with van der Waals surface area (Å²) in [5.41, 5.74) is 5.12. The second kappa shape index (κ2) is 38.8. The molecule has 0 radical (unpaired) electrons. The highest BCUT2D eigenvalue weighted by atomic mass is 16.6. The topological polar surface area (TPSA) is 102 Å². The van der Waals surface area contributed by atoms with Gasteiger partial charge in [-0.25, -0.2) is 0 Å². The Morgan fingerprint density at radius 1 is 0.530 bits per heavy atom. The number of esters is 2. The first-order valence-electron chi connectivity index (χ1n) is 32.4. The Morgan fingerprint density at radius 2 is 0.976 bits per heavy atom. The molecule has 7 nitrogen and oxygen atoms in total. The molecule has 7 heteroatoms. The van der Waals surface area contributed by atoms with Gasteiger partial charge in [-0.2, -0.15) is 0 Å². The normalized spacial score (nSPS) is 24.2. The van der Waals surface area contributed by atoms with Crippen LogP contribution in [0.1, 0.15) is 256 Å². The van der Waals surface area contributed by atoms with E-state index < -0.39 is 16.8 Å². The maximum Gasteiger partial charge on any atom is 0.306 e. The van der Waals surface area contributed by atoms with Crippen LogP contribution < -0.4 is 0 Å². The van der Waals surface area contributed by atoms with Crippen LogP contribution in [0.4, 0.5) is 0 Å². The fourth-order valence-electron chi connectivity index (χ4n) is 12.0. The van der Waals surface area contributed by atoms with Crippen molar-refractivity contribution < 1.29 is 33.7 Å². The molecule has 1 saturated heterocycles. The van der Waals surface area contributed by atoms with Crippen LogP contribution in [0.25, 0.3) is 0 Å². The zero-order valence-corrected chi connectivity index (χ0v) is 54.3. The fourth-order valence-corrected chi connectivity index (χ4v) is 12.0. The molecule has 3 aliphatic rings. The van der Waals surface area contributed by atoms with Crippen LogP contribution in [0.5, 0.6) is 0 Å². The number of hydrogen-bond acceptors (Lipinski definition) is 7. The first kappa shape index (κ1) is 72.2. The van der Waals surface area contributed by atoms with Crippen molar-refractivity contribution in [3.63, 3.8) is 0 Å². The number of ketones is 1. The SMILES string of the molecule is CCCCC/C=C\C/C=C\C/C=C\C/C=C\CCCC(=O)O[C@H]1CC(C)(C)[C@]2(CC(=O)/C(C)=C/C=C/C(C)=C/C=C/C=C(C)/C=C/C=C(\C)C=C=C3C(C)(C)C[C@H](OC(=O)CCCCCCC/C=C/CCCCCC)C[C@@]3(C)O)O[C@]2(C)C1. The fraction of sp³-hybridized carbons (Fsp3) is 0.605. The van der Waals surface area contributed by atoms with Gasteiger partial charge in [0.2, 0.25) is 0 Å². The Morgan fingerprint density at radius 3 is 1.53 bits per heavy atom. The van der Waals surface area contributed by atoms with Crippen molar-refractivity contribution in [3.05, 3.63) is 161 Å². The van der Waals surface area contributed by atoms with E-state index in [0.29, 0.717) is 50.5 Å². The van der Waals surface area contributed by atoms with Gasteiger partial charge in [0.05, 0.1) is 11.2 Å². The maximum absolute atomic E-state index is 13.6. The van der Waals surface area contributed by atoms with E-state index in [2.05, 4.69) is 134 Å². The zero-order valence-electron chi connectivity index (χ0n) is 54.3. The number of ether oxygens (including phenoxy) is 3. The van der Waals surface area contributed by atoms with Crippen LogP contribution >= 0.6 is 0 Å². The third-order valence-corrected chi connectivity index (χ3v) is 16.7. The van der Waals surface area contributed by atoms with Gasteiger partial charge in [0, 0.05) is 43.1 Å². The van der Waals surface area contributed by atoms with Gasteiger partial charge in [-0.3, -0.25) is 14.4 Å². The summed E-state index contributed by atoms with van der Waals surface area (Å²) in [5, 5.41) is 11.6. The predicted molar refractivity (Wildman–Crippen MR) is 351 cm³/mol. The van der Waals surface area contributed by atoms with Gasteiger partial charge in [-0.1, -0.05) is 226 Å². The first-order chi connectivity index (χ1) is 39.6. The summed E-state index contributed by atoms with van der Waals surface area (Å²) < 4.78 is 18.4. The molecular formula is C76H114O7. The van der Waals surface area contributed by atoms with E-state index in [0.717, 1.165) is 80.1 Å². The molecule has 1 heterocycles. The van der Waals surface area contributed by atoms with Gasteiger partial charge < -0.3 is 19.3 Å². The first-order valence-corrected chi connectivity index (χ1v) is 32.4. The molecule has 3 rings (SSSR count). The molecule has 0 aromatic carbocycles. The predicted octanol–water partition coefficient (Wildman–Crippen LogP) is 20.6. The van der Waals surface area contributed by atoms with E-state index in [4.69, 9.17) is 14.2 Å². The van der Waals surface area contributed by atoms with Crippen LogP contribution in [0.3, 0.4) is 0 Å². The minimum absolute atomic E-state index is 0.0659. The van der Waals surface area contributed by atoms with Crippen molar-refractivity contribution >= 4 is 17.7 Å². The van der Waals surface area contributed by atoms with Crippen molar-refractivity contribution in [2.75, 3.05) is 0 Å². The van der Waals surface area contributed by atoms with Crippen molar-refractivity contribution in [1.82, 2.24) is 0 Å². The monoisotopic (exact) mass is 1140 g/mol. The molecule has 2 aliphatic carbocycles. The third kappa shape index (κ3) is 28.1. The molecule has 0 amide bonds. The molecule has 5 atom stereocenters. The number of carbonyl (C=O) groups excluding carboxylic acids is 3. The van der Waals surface area contributed by atoms with Crippen LogP contribution in [-0.2, 0) is 28.6 Å². The van der Waals surface area contributed by atoms with E-state index in [9.17, 15) is 19.5 Å². The smallest absolute Gasteiger partial charge is 0.306 e. The number of hydrogen-bond donors (Lipinski definition) is 1. The van der Waals surface area contributed by atoms with Gasteiger partial charge in [0.25, 0.3) is 0 Å². The quantitative estimate of drug-likeness (QED) is 0.0124. The molecule has 1 N–H and O–H groups in total. The average Bonchev–Trinajstić information content (AvgIpc) is 1.58. The second-order valence-electron chi connectivity index (χ2n) is 25.8. The van der Waals surface area contributed by atoms with Gasteiger partial charge in [0.15, 0.2) is 5.78 Å². The number of allylic oxidation sites excluding steroid dienone is 24. The van der Waals surface area contributed by atoms with E-state index >= 15 is 0 Å². The number of fused-ring (bicyclic) bond motifs is 1. The summed E-state index contributed by atoms with van der Waals surface area (Å²) in [4.78, 5) is 39.4. The van der Waals surface area contributed by atoms with Gasteiger partial charge in [0.1, 0.15) is 17.8 Å². The molecular weight excluding hydrogens is 1020 g/mol. The Kier molecular flexibility index (Phi) is 33.7. The Balaban J connectivity index is 1.37. The highest BCUT2D eigenvalue weighted by Crippen LogP contribution is 2.67. The summed E-state index contributed by atoms with van der Waals surface area (Å²) >= 11 is 0. The summed E-state index contributed by atoms with van der Waals surface area (Å²) in [7, 11) is 0. The minimum atomic E-state index is -1.14. The Labute approximate surface area is 506 Å². The number of rotatable bonds is 39. The third-order valence-electron chi connectivity index (χ3n) is 16.7. The molecule has 0 aromatic heterocycles. The van der Waals surface area contributed by atoms with Crippen LogP contribution in [0.2, 0.25) is 0 Å². The highest BCUT2D eigenvalue weighted by Gasteiger charge is 2.76. The number of unbranched alkanes of at least 4 members (excludes halogenated alkanes) is 13. The Hall–Kier alpha value is -5.07. The minimum Gasteiger partial charge on any atom is -0.462 e. The van der Waals surface area contributed by atoms with Gasteiger partial charge in [-0.05, 0) is 154 Å². The Bertz CT molecular complexity index is 2420. The molecule has 83 heavy (non-hydrogen) atoms. The maximum atomic E-state index is 13.6. The van der Waals surface area contributed by atoms with Crippen LogP contribution in [0.15, 0.2) is 161 Å². The average molecular weight is 1140 g/mol. The van der Waals surface area contributed by atoms with E-state index in [1.165, 1.54) is 70.6 Å². The summed E-state index contributed by atoms with van der Waals surface area (Å²) in [6.07, 6.45) is 69.7. The lowest BCUT2D eigenvalue weighted by atomic mass is 9.61. The molecule has 3 fully saturated rings. The lowest BCUT2D eigenvalue weighted by molar-refractivity contribution is -0.156. The molecule has 1 aliphatic heterocycles. The number of Topliss-reactive ketones (excluding diaryl/α,β-unsaturated/α-hetero) is 1. The van der Waals surface area contributed by atoms with Crippen LogP contribution in [0, 0.1) is 10.8 Å². The zero-order chi connectivity index (χ0) is 61.0. The highest BCUT2D eigenvalue weighted by molar-refractivity contribution is 5.96. The second-order valence-corrected chi connectivity index (χ2v) is 25.8. The molecule has 0 aromatic rings. The van der Waals surface area contributed by atoms with Gasteiger partial charge in [-0.15, -0.1) is 5.73 Å². The molecule has 2 saturated carbocycles.